The third kappa shape index (κ3) is 4.34. The van der Waals surface area contributed by atoms with E-state index in [1.165, 1.54) is 12.1 Å². The molecule has 178 valence electrons. The van der Waals surface area contributed by atoms with Crippen molar-refractivity contribution in [1.82, 2.24) is 9.97 Å². The highest BCUT2D eigenvalue weighted by Gasteiger charge is 2.34. The molecule has 8 heteroatoms. The molecule has 0 atom stereocenters. The van der Waals surface area contributed by atoms with E-state index in [2.05, 4.69) is 9.97 Å². The topological polar surface area (TPSA) is 62.8 Å². The molecule has 0 aliphatic rings. The highest BCUT2D eigenvalue weighted by Crippen LogP contribution is 2.40. The summed E-state index contributed by atoms with van der Waals surface area (Å²) >= 11 is 0. The van der Waals surface area contributed by atoms with E-state index in [0.29, 0.717) is 28.9 Å². The largest absolute Gasteiger partial charge is 0.417 e. The monoisotopic (exact) mass is 486 g/mol. The number of rotatable bonds is 5. The summed E-state index contributed by atoms with van der Waals surface area (Å²) in [5.74, 6) is 0.651. The van der Waals surface area contributed by atoms with Crippen LogP contribution in [0.5, 0.6) is 0 Å². The minimum atomic E-state index is -4.46. The zero-order chi connectivity index (χ0) is 24.8. The van der Waals surface area contributed by atoms with Crippen LogP contribution in [0.1, 0.15) is 41.9 Å². The molecular formula is C26H25F3N2O2S. The smallest absolute Gasteiger partial charge is 0.342 e. The molecular weight excluding hydrogens is 461 g/mol. The van der Waals surface area contributed by atoms with Gasteiger partial charge in [0.2, 0.25) is 0 Å². The SMILES string of the molecule is Cc1cc2[nH]c(Cc3ccc(S(=O)(=O)C(C)C)cc3)nc2c(C)c1-c1ccccc1C(F)(F)F. The predicted octanol–water partition coefficient (Wildman–Crippen LogP) is 6.64. The molecule has 1 N–H and O–H groups in total. The zero-order valence-corrected chi connectivity index (χ0v) is 20.1. The molecule has 0 amide bonds. The van der Waals surface area contributed by atoms with E-state index in [-0.39, 0.29) is 10.5 Å². The molecule has 0 saturated heterocycles. The van der Waals surface area contributed by atoms with Crippen molar-refractivity contribution in [3.05, 3.63) is 82.7 Å². The summed E-state index contributed by atoms with van der Waals surface area (Å²) in [4.78, 5) is 8.21. The molecule has 0 fully saturated rings. The number of hydrogen-bond donors (Lipinski definition) is 1. The van der Waals surface area contributed by atoms with Crippen LogP contribution < -0.4 is 0 Å². The van der Waals surface area contributed by atoms with E-state index in [4.69, 9.17) is 0 Å². The van der Waals surface area contributed by atoms with Crippen molar-refractivity contribution < 1.29 is 21.6 Å². The molecule has 4 aromatic rings. The maximum atomic E-state index is 13.6. The second kappa shape index (κ2) is 8.58. The summed E-state index contributed by atoms with van der Waals surface area (Å²) < 4.78 is 65.6. The Kier molecular flexibility index (Phi) is 6.06. The number of sulfone groups is 1. The van der Waals surface area contributed by atoms with E-state index >= 15 is 0 Å². The standard InChI is InChI=1S/C26H25F3N2O2S/c1-15(2)34(32,33)19-11-9-18(10-12-19)14-23-30-22-13-16(3)24(17(4)25(22)31-23)20-7-5-6-8-21(20)26(27,28)29/h5-13,15H,14H2,1-4H3,(H,30,31). The highest BCUT2D eigenvalue weighted by molar-refractivity contribution is 7.92. The molecule has 0 bridgehead atoms. The number of fused-ring (bicyclic) bond motifs is 1. The summed E-state index contributed by atoms with van der Waals surface area (Å²) in [5.41, 5.74) is 3.63. The van der Waals surface area contributed by atoms with Gasteiger partial charge in [-0.3, -0.25) is 0 Å². The predicted molar refractivity (Wildman–Crippen MR) is 128 cm³/mol. The fraction of sp³-hybridized carbons (Fsp3) is 0.269. The summed E-state index contributed by atoms with van der Waals surface area (Å²) in [5, 5.41) is -0.503. The number of aromatic amines is 1. The molecule has 1 heterocycles. The fourth-order valence-electron chi connectivity index (χ4n) is 4.24. The van der Waals surface area contributed by atoms with Crippen LogP contribution in [-0.2, 0) is 22.4 Å². The second-order valence-corrected chi connectivity index (χ2v) is 11.2. The molecule has 0 unspecified atom stereocenters. The van der Waals surface area contributed by atoms with Crippen LogP contribution >= 0.6 is 0 Å². The normalized spacial score (nSPS) is 12.6. The summed E-state index contributed by atoms with van der Waals surface area (Å²) in [6.45, 7) is 6.87. The molecule has 4 nitrogen and oxygen atoms in total. The maximum absolute atomic E-state index is 13.6. The zero-order valence-electron chi connectivity index (χ0n) is 19.3. The van der Waals surface area contributed by atoms with Crippen LogP contribution in [0, 0.1) is 13.8 Å². The van der Waals surface area contributed by atoms with Gasteiger partial charge in [0.15, 0.2) is 9.84 Å². The number of hydrogen-bond acceptors (Lipinski definition) is 3. The number of benzene rings is 3. The molecule has 3 aromatic carbocycles. The lowest BCUT2D eigenvalue weighted by molar-refractivity contribution is -0.137. The first-order valence-electron chi connectivity index (χ1n) is 10.9. The average molecular weight is 487 g/mol. The van der Waals surface area contributed by atoms with Crippen LogP contribution in [0.3, 0.4) is 0 Å². The van der Waals surface area contributed by atoms with E-state index in [9.17, 15) is 21.6 Å². The van der Waals surface area contributed by atoms with E-state index in [0.717, 1.165) is 22.7 Å². The van der Waals surface area contributed by atoms with E-state index in [1.54, 1.807) is 58.0 Å². The Morgan fingerprint density at radius 3 is 2.26 bits per heavy atom. The van der Waals surface area contributed by atoms with E-state index in [1.807, 2.05) is 6.07 Å². The van der Waals surface area contributed by atoms with Gasteiger partial charge in [0, 0.05) is 6.42 Å². The van der Waals surface area contributed by atoms with Gasteiger partial charge in [-0.2, -0.15) is 13.2 Å². The number of H-pyrrole nitrogens is 1. The molecule has 0 saturated carbocycles. The molecule has 1 aromatic heterocycles. The van der Waals surface area contributed by atoms with Crippen LogP contribution in [0.4, 0.5) is 13.2 Å². The van der Waals surface area contributed by atoms with Gasteiger partial charge < -0.3 is 4.98 Å². The summed E-state index contributed by atoms with van der Waals surface area (Å²) in [6, 6.07) is 14.1. The van der Waals surface area contributed by atoms with Crippen LogP contribution in [0.25, 0.3) is 22.2 Å². The number of nitrogens with zero attached hydrogens (tertiary/aromatic N) is 1. The molecule has 0 radical (unpaired) electrons. The van der Waals surface area contributed by atoms with Crippen LogP contribution in [0.2, 0.25) is 0 Å². The van der Waals surface area contributed by atoms with Crippen molar-refractivity contribution in [3.8, 4) is 11.1 Å². The van der Waals surface area contributed by atoms with Gasteiger partial charge >= 0.3 is 6.18 Å². The van der Waals surface area contributed by atoms with Gasteiger partial charge in [0.25, 0.3) is 0 Å². The number of alkyl halides is 3. The minimum Gasteiger partial charge on any atom is -0.342 e. The van der Waals surface area contributed by atoms with Crippen molar-refractivity contribution >= 4 is 20.9 Å². The Labute approximate surface area is 196 Å². The molecule has 0 aliphatic heterocycles. The molecule has 0 aliphatic carbocycles. The highest BCUT2D eigenvalue weighted by atomic mass is 32.2. The van der Waals surface area contributed by atoms with Gasteiger partial charge in [-0.1, -0.05) is 30.3 Å². The second-order valence-electron chi connectivity index (χ2n) is 8.73. The van der Waals surface area contributed by atoms with Crippen molar-refractivity contribution in [2.75, 3.05) is 0 Å². The molecule has 0 spiro atoms. The quantitative estimate of drug-likeness (QED) is 0.344. The number of nitrogens with one attached hydrogen (secondary N) is 1. The number of aryl methyl sites for hydroxylation is 2. The van der Waals surface area contributed by atoms with Crippen molar-refractivity contribution in [2.24, 2.45) is 0 Å². The van der Waals surface area contributed by atoms with Crippen molar-refractivity contribution in [1.29, 1.82) is 0 Å². The molecule has 4 rings (SSSR count). The lowest BCUT2D eigenvalue weighted by Gasteiger charge is -2.17. The van der Waals surface area contributed by atoms with Gasteiger partial charge in [0.1, 0.15) is 5.82 Å². The van der Waals surface area contributed by atoms with Crippen LogP contribution in [-0.4, -0.2) is 23.6 Å². The molecule has 34 heavy (non-hydrogen) atoms. The third-order valence-electron chi connectivity index (χ3n) is 6.01. The Bertz CT molecular complexity index is 1470. The first-order chi connectivity index (χ1) is 15.9. The minimum absolute atomic E-state index is 0.137. The fourth-order valence-corrected chi connectivity index (χ4v) is 5.30. The Hall–Kier alpha value is -3.13. The van der Waals surface area contributed by atoms with E-state index < -0.39 is 26.8 Å². The van der Waals surface area contributed by atoms with Gasteiger partial charge in [0.05, 0.1) is 26.7 Å². The number of halogens is 3. The van der Waals surface area contributed by atoms with Crippen LogP contribution in [0.15, 0.2) is 59.5 Å². The first-order valence-corrected chi connectivity index (χ1v) is 12.4. The van der Waals surface area contributed by atoms with Gasteiger partial charge in [-0.05, 0) is 79.8 Å². The Morgan fingerprint density at radius 1 is 1.00 bits per heavy atom. The summed E-state index contributed by atoms with van der Waals surface area (Å²) in [6.07, 6.45) is -4.03. The Morgan fingerprint density at radius 2 is 1.65 bits per heavy atom. The number of aromatic nitrogens is 2. The van der Waals surface area contributed by atoms with Gasteiger partial charge in [-0.15, -0.1) is 0 Å². The average Bonchev–Trinajstić information content (AvgIpc) is 3.16. The lowest BCUT2D eigenvalue weighted by atomic mass is 9.91. The van der Waals surface area contributed by atoms with Gasteiger partial charge in [-0.25, -0.2) is 13.4 Å². The van der Waals surface area contributed by atoms with Crippen molar-refractivity contribution in [3.63, 3.8) is 0 Å². The maximum Gasteiger partial charge on any atom is 0.417 e. The van der Waals surface area contributed by atoms with Crippen molar-refractivity contribution in [2.45, 2.75) is 50.4 Å². The number of imidazole rings is 1. The Balaban J connectivity index is 1.73. The lowest BCUT2D eigenvalue weighted by Crippen LogP contribution is -2.13. The first kappa shape index (κ1) is 24.0. The summed E-state index contributed by atoms with van der Waals surface area (Å²) in [7, 11) is -3.35. The third-order valence-corrected chi connectivity index (χ3v) is 8.18.